The van der Waals surface area contributed by atoms with Crippen molar-refractivity contribution in [2.75, 3.05) is 14.2 Å². The van der Waals surface area contributed by atoms with Crippen molar-refractivity contribution < 1.29 is 4.74 Å². The first-order valence-corrected chi connectivity index (χ1v) is 5.17. The lowest BCUT2D eigenvalue weighted by atomic mass is 10.0. The monoisotopic (exact) mass is 191 g/mol. The number of ether oxygens (including phenoxy) is 1. The van der Waals surface area contributed by atoms with Gasteiger partial charge in [-0.2, -0.15) is 0 Å². The van der Waals surface area contributed by atoms with E-state index in [1.165, 1.54) is 18.4 Å². The van der Waals surface area contributed by atoms with Crippen LogP contribution in [0.1, 0.15) is 24.4 Å². The van der Waals surface area contributed by atoms with Gasteiger partial charge in [0.1, 0.15) is 5.75 Å². The van der Waals surface area contributed by atoms with Gasteiger partial charge >= 0.3 is 0 Å². The zero-order chi connectivity index (χ0) is 9.97. The highest BCUT2D eigenvalue weighted by Gasteiger charge is 2.32. The summed E-state index contributed by atoms with van der Waals surface area (Å²) in [4.78, 5) is 0. The molecule has 1 aliphatic carbocycles. The van der Waals surface area contributed by atoms with Crippen molar-refractivity contribution >= 4 is 0 Å². The van der Waals surface area contributed by atoms with E-state index >= 15 is 0 Å². The molecule has 1 atom stereocenters. The summed E-state index contributed by atoms with van der Waals surface area (Å²) in [6.45, 7) is 0. The molecule has 1 aliphatic rings. The second kappa shape index (κ2) is 4.01. The minimum absolute atomic E-state index is 0.464. The van der Waals surface area contributed by atoms with Crippen LogP contribution < -0.4 is 10.1 Å². The maximum atomic E-state index is 5.37. The lowest BCUT2D eigenvalue weighted by Crippen LogP contribution is -2.18. The van der Waals surface area contributed by atoms with Crippen LogP contribution in [0.2, 0.25) is 0 Å². The number of para-hydroxylation sites is 1. The van der Waals surface area contributed by atoms with Crippen LogP contribution in [0.4, 0.5) is 0 Å². The van der Waals surface area contributed by atoms with Gasteiger partial charge in [0.2, 0.25) is 0 Å². The lowest BCUT2D eigenvalue weighted by molar-refractivity contribution is 0.396. The van der Waals surface area contributed by atoms with Crippen LogP contribution in [-0.4, -0.2) is 14.2 Å². The fourth-order valence-electron chi connectivity index (χ4n) is 2.00. The van der Waals surface area contributed by atoms with E-state index in [4.69, 9.17) is 4.74 Å². The molecule has 1 aromatic carbocycles. The average molecular weight is 191 g/mol. The second-order valence-corrected chi connectivity index (χ2v) is 3.85. The Kier molecular flexibility index (Phi) is 2.73. The Bertz CT molecular complexity index is 307. The summed E-state index contributed by atoms with van der Waals surface area (Å²) in [7, 11) is 3.76. The van der Waals surface area contributed by atoms with E-state index in [9.17, 15) is 0 Å². The molecule has 76 valence electrons. The maximum absolute atomic E-state index is 5.37. The molecule has 2 nitrogen and oxygen atoms in total. The zero-order valence-electron chi connectivity index (χ0n) is 8.79. The summed E-state index contributed by atoms with van der Waals surface area (Å²) in [5.74, 6) is 1.80. The van der Waals surface area contributed by atoms with Crippen molar-refractivity contribution in [3.05, 3.63) is 29.8 Å². The largest absolute Gasteiger partial charge is 0.496 e. The Hall–Kier alpha value is -1.02. The van der Waals surface area contributed by atoms with Crippen molar-refractivity contribution in [1.29, 1.82) is 0 Å². The van der Waals surface area contributed by atoms with Crippen LogP contribution in [0.25, 0.3) is 0 Å². The molecule has 2 heteroatoms. The number of nitrogens with one attached hydrogen (secondary N) is 1. The molecule has 0 aromatic heterocycles. The Morgan fingerprint density at radius 3 is 2.64 bits per heavy atom. The third-order valence-corrected chi connectivity index (χ3v) is 2.88. The fraction of sp³-hybridized carbons (Fsp3) is 0.500. The van der Waals surface area contributed by atoms with Gasteiger partial charge in [0, 0.05) is 11.6 Å². The summed E-state index contributed by atoms with van der Waals surface area (Å²) < 4.78 is 5.37. The molecule has 0 radical (unpaired) electrons. The van der Waals surface area contributed by atoms with E-state index in [0.29, 0.717) is 6.04 Å². The second-order valence-electron chi connectivity index (χ2n) is 3.85. The summed E-state index contributed by atoms with van der Waals surface area (Å²) in [5, 5.41) is 3.38. The van der Waals surface area contributed by atoms with Crippen LogP contribution >= 0.6 is 0 Å². The molecule has 1 aromatic rings. The van der Waals surface area contributed by atoms with E-state index in [0.717, 1.165) is 11.7 Å². The molecular formula is C12H17NO. The van der Waals surface area contributed by atoms with Crippen molar-refractivity contribution in [3.8, 4) is 5.75 Å². The number of hydrogen-bond acceptors (Lipinski definition) is 2. The Morgan fingerprint density at radius 1 is 1.36 bits per heavy atom. The van der Waals surface area contributed by atoms with Crippen molar-refractivity contribution in [3.63, 3.8) is 0 Å². The number of benzene rings is 1. The topological polar surface area (TPSA) is 21.3 Å². The first kappa shape index (κ1) is 9.53. The predicted molar refractivity (Wildman–Crippen MR) is 57.5 cm³/mol. The van der Waals surface area contributed by atoms with Crippen molar-refractivity contribution in [2.24, 2.45) is 5.92 Å². The minimum atomic E-state index is 0.464. The standard InChI is InChI=1S/C12H17NO/c1-13-12(9-7-8-9)10-5-3-4-6-11(10)14-2/h3-6,9,12-13H,7-8H2,1-2H3. The SMILES string of the molecule is CNC(c1ccccc1OC)C1CC1. The third-order valence-electron chi connectivity index (χ3n) is 2.88. The van der Waals surface area contributed by atoms with E-state index in [1.54, 1.807) is 7.11 Å². The quantitative estimate of drug-likeness (QED) is 0.789. The van der Waals surface area contributed by atoms with Gasteiger partial charge in [-0.25, -0.2) is 0 Å². The van der Waals surface area contributed by atoms with Crippen LogP contribution in [0.3, 0.4) is 0 Å². The maximum Gasteiger partial charge on any atom is 0.123 e. The van der Waals surface area contributed by atoms with Gasteiger partial charge in [-0.15, -0.1) is 0 Å². The molecule has 0 bridgehead atoms. The van der Waals surface area contributed by atoms with Crippen LogP contribution in [0.5, 0.6) is 5.75 Å². The Labute approximate surface area is 85.3 Å². The molecule has 2 rings (SSSR count). The highest BCUT2D eigenvalue weighted by molar-refractivity contribution is 5.36. The molecule has 1 saturated carbocycles. The highest BCUT2D eigenvalue weighted by Crippen LogP contribution is 2.43. The minimum Gasteiger partial charge on any atom is -0.496 e. The number of rotatable bonds is 4. The van der Waals surface area contributed by atoms with Gasteiger partial charge in [-0.1, -0.05) is 18.2 Å². The molecule has 0 amide bonds. The lowest BCUT2D eigenvalue weighted by Gasteiger charge is -2.18. The Morgan fingerprint density at radius 2 is 2.07 bits per heavy atom. The number of hydrogen-bond donors (Lipinski definition) is 1. The molecular weight excluding hydrogens is 174 g/mol. The normalized spacial score (nSPS) is 17.9. The van der Waals surface area contributed by atoms with Crippen LogP contribution in [0.15, 0.2) is 24.3 Å². The van der Waals surface area contributed by atoms with Gasteiger partial charge in [0.15, 0.2) is 0 Å². The molecule has 1 N–H and O–H groups in total. The number of methoxy groups -OCH3 is 1. The van der Waals surface area contributed by atoms with Gasteiger partial charge in [-0.05, 0) is 31.9 Å². The summed E-state index contributed by atoms with van der Waals surface area (Å²) in [5.41, 5.74) is 1.29. The van der Waals surface area contributed by atoms with Crippen molar-refractivity contribution in [1.82, 2.24) is 5.32 Å². The van der Waals surface area contributed by atoms with E-state index in [1.807, 2.05) is 19.2 Å². The average Bonchev–Trinajstić information content (AvgIpc) is 3.04. The summed E-state index contributed by atoms with van der Waals surface area (Å²) in [6, 6.07) is 8.73. The molecule has 0 saturated heterocycles. The van der Waals surface area contributed by atoms with Gasteiger partial charge in [0.05, 0.1) is 7.11 Å². The zero-order valence-corrected chi connectivity index (χ0v) is 8.79. The van der Waals surface area contributed by atoms with Crippen molar-refractivity contribution in [2.45, 2.75) is 18.9 Å². The smallest absolute Gasteiger partial charge is 0.123 e. The van der Waals surface area contributed by atoms with Gasteiger partial charge < -0.3 is 10.1 Å². The summed E-state index contributed by atoms with van der Waals surface area (Å²) >= 11 is 0. The Balaban J connectivity index is 2.27. The van der Waals surface area contributed by atoms with E-state index in [2.05, 4.69) is 17.4 Å². The van der Waals surface area contributed by atoms with Gasteiger partial charge in [-0.3, -0.25) is 0 Å². The third kappa shape index (κ3) is 1.75. The highest BCUT2D eigenvalue weighted by atomic mass is 16.5. The molecule has 1 fully saturated rings. The first-order chi connectivity index (χ1) is 6.86. The molecule has 0 heterocycles. The molecule has 0 aliphatic heterocycles. The summed E-state index contributed by atoms with van der Waals surface area (Å²) in [6.07, 6.45) is 2.67. The van der Waals surface area contributed by atoms with Gasteiger partial charge in [0.25, 0.3) is 0 Å². The predicted octanol–water partition coefficient (Wildman–Crippen LogP) is 2.37. The van der Waals surface area contributed by atoms with E-state index < -0.39 is 0 Å². The first-order valence-electron chi connectivity index (χ1n) is 5.17. The van der Waals surface area contributed by atoms with E-state index in [-0.39, 0.29) is 0 Å². The fourth-order valence-corrected chi connectivity index (χ4v) is 2.00. The van der Waals surface area contributed by atoms with Crippen LogP contribution in [-0.2, 0) is 0 Å². The molecule has 14 heavy (non-hydrogen) atoms. The molecule has 0 spiro atoms. The van der Waals surface area contributed by atoms with Crippen LogP contribution in [0, 0.1) is 5.92 Å². The molecule has 1 unspecified atom stereocenters.